The number of aryl methyl sites for hydroxylation is 2. The van der Waals surface area contributed by atoms with Gasteiger partial charge in [-0.05, 0) is 25.5 Å². The van der Waals surface area contributed by atoms with Crippen LogP contribution in [0.4, 0.5) is 0 Å². The minimum absolute atomic E-state index is 0.995. The molecule has 0 saturated heterocycles. The van der Waals surface area contributed by atoms with Gasteiger partial charge in [-0.1, -0.05) is 18.2 Å². The molecule has 16 heavy (non-hydrogen) atoms. The number of pyridine rings is 1. The van der Waals surface area contributed by atoms with Gasteiger partial charge in [0.25, 0.3) is 0 Å². The molecule has 0 saturated carbocycles. The third-order valence-corrected chi connectivity index (χ3v) is 3.17. The van der Waals surface area contributed by atoms with Gasteiger partial charge in [-0.15, -0.1) is 0 Å². The second-order valence-corrected chi connectivity index (χ2v) is 4.11. The minimum atomic E-state index is 0.995. The number of nitrogens with zero attached hydrogens (tertiary/aromatic N) is 2. The van der Waals surface area contributed by atoms with Crippen LogP contribution in [0, 0.1) is 6.92 Å². The monoisotopic (exact) mass is 210 g/mol. The predicted molar refractivity (Wildman–Crippen MR) is 67.7 cm³/mol. The highest BCUT2D eigenvalue weighted by atomic mass is 15.0. The molecule has 2 aromatic heterocycles. The summed E-state index contributed by atoms with van der Waals surface area (Å²) in [5.41, 5.74) is 3.87. The number of benzene rings is 1. The van der Waals surface area contributed by atoms with Crippen LogP contribution in [0.5, 0.6) is 0 Å². The second-order valence-electron chi connectivity index (χ2n) is 4.11. The fourth-order valence-electron chi connectivity index (χ4n) is 2.50. The van der Waals surface area contributed by atoms with Crippen LogP contribution >= 0.6 is 0 Å². The standard InChI is InChI=1S/C14H14N2/c1-3-16-13-7-5-4-6-11(13)12-9-15-8-10(2)14(12)16/h4-9H,3H2,1-2H3. The molecule has 2 nitrogen and oxygen atoms in total. The Kier molecular flexibility index (Phi) is 1.96. The van der Waals surface area contributed by atoms with Crippen molar-refractivity contribution in [2.24, 2.45) is 0 Å². The maximum atomic E-state index is 4.30. The first-order chi connectivity index (χ1) is 7.83. The topological polar surface area (TPSA) is 17.8 Å². The molecule has 0 fully saturated rings. The fraction of sp³-hybridized carbons (Fsp3) is 0.214. The Morgan fingerprint density at radius 2 is 1.94 bits per heavy atom. The number of hydrogen-bond acceptors (Lipinski definition) is 1. The summed E-state index contributed by atoms with van der Waals surface area (Å²) >= 11 is 0. The normalized spacial score (nSPS) is 11.4. The molecule has 0 atom stereocenters. The summed E-state index contributed by atoms with van der Waals surface area (Å²) in [7, 11) is 0. The molecule has 3 aromatic rings. The van der Waals surface area contributed by atoms with Crippen LogP contribution in [-0.4, -0.2) is 9.55 Å². The Balaban J connectivity index is 2.64. The number of rotatable bonds is 1. The predicted octanol–water partition coefficient (Wildman–Crippen LogP) is 3.52. The van der Waals surface area contributed by atoms with Gasteiger partial charge in [0.1, 0.15) is 0 Å². The summed E-state index contributed by atoms with van der Waals surface area (Å²) in [6.07, 6.45) is 3.91. The van der Waals surface area contributed by atoms with E-state index in [1.165, 1.54) is 27.4 Å². The molecule has 3 rings (SSSR count). The summed E-state index contributed by atoms with van der Waals surface area (Å²) in [6.45, 7) is 5.31. The van der Waals surface area contributed by atoms with Gasteiger partial charge in [-0.3, -0.25) is 4.98 Å². The molecule has 0 N–H and O–H groups in total. The summed E-state index contributed by atoms with van der Waals surface area (Å²) in [4.78, 5) is 4.30. The van der Waals surface area contributed by atoms with E-state index in [1.54, 1.807) is 0 Å². The lowest BCUT2D eigenvalue weighted by atomic mass is 10.2. The van der Waals surface area contributed by atoms with E-state index in [0.717, 1.165) is 6.54 Å². The second kappa shape index (κ2) is 3.34. The highest BCUT2D eigenvalue weighted by Crippen LogP contribution is 2.29. The zero-order valence-electron chi connectivity index (χ0n) is 9.57. The van der Waals surface area contributed by atoms with E-state index in [4.69, 9.17) is 0 Å². The fourth-order valence-corrected chi connectivity index (χ4v) is 2.50. The highest BCUT2D eigenvalue weighted by Gasteiger charge is 2.10. The van der Waals surface area contributed by atoms with E-state index >= 15 is 0 Å². The largest absolute Gasteiger partial charge is 0.340 e. The first kappa shape index (κ1) is 9.40. The van der Waals surface area contributed by atoms with Crippen molar-refractivity contribution in [3.8, 4) is 0 Å². The molecule has 0 aliphatic rings. The molecular weight excluding hydrogens is 196 g/mol. The van der Waals surface area contributed by atoms with Crippen molar-refractivity contribution in [3.05, 3.63) is 42.2 Å². The van der Waals surface area contributed by atoms with Crippen LogP contribution in [0.2, 0.25) is 0 Å². The average Bonchev–Trinajstić information content (AvgIpc) is 2.65. The maximum absolute atomic E-state index is 4.30. The molecule has 0 spiro atoms. The first-order valence-electron chi connectivity index (χ1n) is 5.64. The highest BCUT2D eigenvalue weighted by molar-refractivity contribution is 6.08. The van der Waals surface area contributed by atoms with Crippen molar-refractivity contribution in [2.45, 2.75) is 20.4 Å². The van der Waals surface area contributed by atoms with Gasteiger partial charge in [0, 0.05) is 35.2 Å². The maximum Gasteiger partial charge on any atom is 0.0552 e. The molecule has 0 bridgehead atoms. The van der Waals surface area contributed by atoms with Gasteiger partial charge in [-0.25, -0.2) is 0 Å². The Morgan fingerprint density at radius 1 is 1.12 bits per heavy atom. The van der Waals surface area contributed by atoms with Crippen LogP contribution in [0.15, 0.2) is 36.7 Å². The van der Waals surface area contributed by atoms with Crippen molar-refractivity contribution in [1.82, 2.24) is 9.55 Å². The van der Waals surface area contributed by atoms with Crippen molar-refractivity contribution >= 4 is 21.8 Å². The van der Waals surface area contributed by atoms with Crippen molar-refractivity contribution in [1.29, 1.82) is 0 Å². The molecule has 80 valence electrons. The molecule has 0 aliphatic heterocycles. The van der Waals surface area contributed by atoms with Crippen LogP contribution in [0.25, 0.3) is 21.8 Å². The van der Waals surface area contributed by atoms with Gasteiger partial charge in [0.05, 0.1) is 5.52 Å². The number of fused-ring (bicyclic) bond motifs is 3. The average molecular weight is 210 g/mol. The molecule has 0 amide bonds. The summed E-state index contributed by atoms with van der Waals surface area (Å²) in [5, 5.41) is 2.56. The Morgan fingerprint density at radius 3 is 2.75 bits per heavy atom. The molecule has 0 unspecified atom stereocenters. The first-order valence-corrected chi connectivity index (χ1v) is 5.64. The van der Waals surface area contributed by atoms with E-state index < -0.39 is 0 Å². The molecule has 2 heterocycles. The van der Waals surface area contributed by atoms with Gasteiger partial charge >= 0.3 is 0 Å². The van der Waals surface area contributed by atoms with Crippen LogP contribution in [0.1, 0.15) is 12.5 Å². The molecule has 0 aliphatic carbocycles. The number of aromatic nitrogens is 2. The third-order valence-electron chi connectivity index (χ3n) is 3.17. The van der Waals surface area contributed by atoms with Gasteiger partial charge in [0.15, 0.2) is 0 Å². The third kappa shape index (κ3) is 1.10. The van der Waals surface area contributed by atoms with Crippen LogP contribution in [-0.2, 0) is 6.54 Å². The van der Waals surface area contributed by atoms with Crippen LogP contribution in [0.3, 0.4) is 0 Å². The number of para-hydroxylation sites is 1. The minimum Gasteiger partial charge on any atom is -0.340 e. The molecule has 0 radical (unpaired) electrons. The van der Waals surface area contributed by atoms with E-state index in [2.05, 4.69) is 47.7 Å². The summed E-state index contributed by atoms with van der Waals surface area (Å²) in [5.74, 6) is 0. The lowest BCUT2D eigenvalue weighted by Crippen LogP contribution is -1.94. The van der Waals surface area contributed by atoms with Gasteiger partial charge < -0.3 is 4.57 Å². The molecule has 1 aromatic carbocycles. The zero-order chi connectivity index (χ0) is 11.1. The van der Waals surface area contributed by atoms with E-state index in [1.807, 2.05) is 12.4 Å². The summed E-state index contributed by atoms with van der Waals surface area (Å²) in [6, 6.07) is 8.53. The van der Waals surface area contributed by atoms with Crippen molar-refractivity contribution in [2.75, 3.05) is 0 Å². The van der Waals surface area contributed by atoms with Crippen LogP contribution < -0.4 is 0 Å². The smallest absolute Gasteiger partial charge is 0.0552 e. The van der Waals surface area contributed by atoms with Gasteiger partial charge in [0.2, 0.25) is 0 Å². The van der Waals surface area contributed by atoms with E-state index in [9.17, 15) is 0 Å². The number of hydrogen-bond donors (Lipinski definition) is 0. The van der Waals surface area contributed by atoms with Crippen molar-refractivity contribution < 1.29 is 0 Å². The quantitative estimate of drug-likeness (QED) is 0.601. The Labute approximate surface area is 94.5 Å². The SMILES string of the molecule is CCn1c2ccccc2c2cncc(C)c21. The van der Waals surface area contributed by atoms with Crippen molar-refractivity contribution in [3.63, 3.8) is 0 Å². The van der Waals surface area contributed by atoms with E-state index in [-0.39, 0.29) is 0 Å². The molecule has 2 heteroatoms. The Hall–Kier alpha value is -1.83. The lowest BCUT2D eigenvalue weighted by molar-refractivity contribution is 0.824. The lowest BCUT2D eigenvalue weighted by Gasteiger charge is -2.04. The zero-order valence-corrected chi connectivity index (χ0v) is 9.57. The van der Waals surface area contributed by atoms with E-state index in [0.29, 0.717) is 0 Å². The molecular formula is C14H14N2. The Bertz CT molecular complexity index is 665. The van der Waals surface area contributed by atoms with Gasteiger partial charge in [-0.2, -0.15) is 0 Å². The summed E-state index contributed by atoms with van der Waals surface area (Å²) < 4.78 is 2.36.